The second kappa shape index (κ2) is 8.05. The van der Waals surface area contributed by atoms with Crippen LogP contribution in [0.5, 0.6) is 5.75 Å². The summed E-state index contributed by atoms with van der Waals surface area (Å²) in [6.07, 6.45) is 2.36. The molecule has 5 N–H and O–H groups in total. The third-order valence-corrected chi connectivity index (χ3v) is 4.46. The molecule has 8 nitrogen and oxygen atoms in total. The summed E-state index contributed by atoms with van der Waals surface area (Å²) in [6, 6.07) is 13.5. The van der Waals surface area contributed by atoms with Crippen molar-refractivity contribution in [3.8, 4) is 5.75 Å². The number of aromatic nitrogens is 2. The molecule has 1 amide bonds. The zero-order valence-corrected chi connectivity index (χ0v) is 16.0. The van der Waals surface area contributed by atoms with Crippen molar-refractivity contribution in [2.24, 2.45) is 5.73 Å². The highest BCUT2D eigenvalue weighted by Crippen LogP contribution is 2.31. The molecule has 1 aromatic heterocycles. The first-order chi connectivity index (χ1) is 14.1. The Morgan fingerprint density at radius 3 is 2.86 bits per heavy atom. The van der Waals surface area contributed by atoms with E-state index in [0.717, 1.165) is 41.3 Å². The number of ether oxygens (including phenoxy) is 1. The minimum Gasteiger partial charge on any atom is -0.491 e. The average Bonchev–Trinajstić information content (AvgIpc) is 2.93. The van der Waals surface area contributed by atoms with Crippen molar-refractivity contribution in [1.29, 1.82) is 0 Å². The highest BCUT2D eigenvalue weighted by Gasteiger charge is 2.14. The van der Waals surface area contributed by atoms with Crippen LogP contribution in [0.15, 0.2) is 48.7 Å². The Morgan fingerprint density at radius 2 is 2.03 bits per heavy atom. The number of fused-ring (bicyclic) bond motifs is 1. The molecule has 8 heteroatoms. The molecule has 0 saturated carbocycles. The summed E-state index contributed by atoms with van der Waals surface area (Å²) in [5.74, 6) is 0.911. The molecule has 2 heterocycles. The van der Waals surface area contributed by atoms with E-state index in [9.17, 15) is 4.79 Å². The van der Waals surface area contributed by atoms with E-state index < -0.39 is 5.91 Å². The number of rotatable bonds is 5. The highest BCUT2D eigenvalue weighted by atomic mass is 16.5. The third-order valence-electron chi connectivity index (χ3n) is 4.46. The van der Waals surface area contributed by atoms with Gasteiger partial charge in [-0.1, -0.05) is 12.1 Å². The summed E-state index contributed by atoms with van der Waals surface area (Å²) < 4.78 is 5.71. The van der Waals surface area contributed by atoms with Gasteiger partial charge < -0.3 is 26.4 Å². The summed E-state index contributed by atoms with van der Waals surface area (Å²) in [6.45, 7) is 3.53. The van der Waals surface area contributed by atoms with Crippen molar-refractivity contribution in [1.82, 2.24) is 9.97 Å². The monoisotopic (exact) mass is 390 g/mol. The molecule has 3 aromatic rings. The van der Waals surface area contributed by atoms with E-state index in [0.29, 0.717) is 18.4 Å². The van der Waals surface area contributed by atoms with Crippen LogP contribution in [0.3, 0.4) is 0 Å². The lowest BCUT2D eigenvalue weighted by atomic mass is 10.2. The molecule has 0 bridgehead atoms. The third kappa shape index (κ3) is 4.37. The van der Waals surface area contributed by atoms with E-state index in [1.54, 1.807) is 0 Å². The topological polar surface area (TPSA) is 114 Å². The van der Waals surface area contributed by atoms with Gasteiger partial charge in [-0.3, -0.25) is 4.79 Å². The van der Waals surface area contributed by atoms with E-state index in [2.05, 4.69) is 25.9 Å². The number of hydrogen-bond donors (Lipinski definition) is 4. The van der Waals surface area contributed by atoms with Crippen molar-refractivity contribution in [2.75, 3.05) is 29.1 Å². The Hall–Kier alpha value is -3.81. The standard InChI is InChI=1S/C21H22N6O2/c1-13-4-2-5-14(10-13)25-20-16(19(22)28)12-24-21(27-20)26-15-6-7-18-17(11-15)23-8-3-9-29-18/h2,4-7,10-12,23H,3,8-9H2,1H3,(H2,22,28)(H2,24,25,26,27). The van der Waals surface area contributed by atoms with Crippen molar-refractivity contribution in [3.05, 3.63) is 59.8 Å². The van der Waals surface area contributed by atoms with Crippen molar-refractivity contribution >= 4 is 34.7 Å². The Bertz CT molecular complexity index is 1050. The maximum atomic E-state index is 11.8. The van der Waals surface area contributed by atoms with Crippen molar-refractivity contribution < 1.29 is 9.53 Å². The van der Waals surface area contributed by atoms with E-state index in [1.807, 2.05) is 49.4 Å². The number of hydrogen-bond acceptors (Lipinski definition) is 7. The maximum absolute atomic E-state index is 11.8. The lowest BCUT2D eigenvalue weighted by Gasteiger charge is -2.13. The summed E-state index contributed by atoms with van der Waals surface area (Å²) in [4.78, 5) is 20.5. The van der Waals surface area contributed by atoms with Crippen LogP contribution in [-0.4, -0.2) is 29.0 Å². The number of nitrogens with one attached hydrogen (secondary N) is 3. The SMILES string of the molecule is Cc1cccc(Nc2nc(Nc3ccc4c(c3)NCCCO4)ncc2C(N)=O)c1. The smallest absolute Gasteiger partial charge is 0.254 e. The average molecular weight is 390 g/mol. The minimum atomic E-state index is -0.599. The second-order valence-electron chi connectivity index (χ2n) is 6.78. The van der Waals surface area contributed by atoms with Gasteiger partial charge in [0.05, 0.1) is 12.3 Å². The molecule has 0 atom stereocenters. The number of primary amides is 1. The van der Waals surface area contributed by atoms with Gasteiger partial charge in [-0.25, -0.2) is 4.98 Å². The maximum Gasteiger partial charge on any atom is 0.254 e. The molecule has 0 aliphatic carbocycles. The van der Waals surface area contributed by atoms with Crippen LogP contribution in [0.4, 0.5) is 28.8 Å². The quantitative estimate of drug-likeness (QED) is 0.526. The Labute approximate surface area is 168 Å². The normalized spacial score (nSPS) is 12.7. The van der Waals surface area contributed by atoms with Gasteiger partial charge >= 0.3 is 0 Å². The second-order valence-corrected chi connectivity index (χ2v) is 6.78. The fourth-order valence-corrected chi connectivity index (χ4v) is 3.06. The molecule has 29 heavy (non-hydrogen) atoms. The van der Waals surface area contributed by atoms with Gasteiger partial charge in [0.15, 0.2) is 0 Å². The molecule has 0 radical (unpaired) electrons. The summed E-state index contributed by atoms with van der Waals surface area (Å²) >= 11 is 0. The molecule has 0 unspecified atom stereocenters. The molecule has 0 fully saturated rings. The molecular formula is C21H22N6O2. The zero-order chi connectivity index (χ0) is 20.2. The Morgan fingerprint density at radius 1 is 1.17 bits per heavy atom. The summed E-state index contributed by atoms with van der Waals surface area (Å²) in [5, 5.41) is 9.67. The fraction of sp³-hybridized carbons (Fsp3) is 0.190. The lowest BCUT2D eigenvalue weighted by Crippen LogP contribution is -2.15. The molecule has 0 spiro atoms. The minimum absolute atomic E-state index is 0.217. The van der Waals surface area contributed by atoms with E-state index in [1.165, 1.54) is 6.20 Å². The number of anilines is 5. The molecular weight excluding hydrogens is 368 g/mol. The predicted octanol–water partition coefficient (Wildman–Crippen LogP) is 3.57. The summed E-state index contributed by atoms with van der Waals surface area (Å²) in [5.41, 5.74) is 9.32. The molecule has 1 aliphatic rings. The lowest BCUT2D eigenvalue weighted by molar-refractivity contribution is 0.100. The number of aryl methyl sites for hydroxylation is 1. The molecule has 4 rings (SSSR count). The van der Waals surface area contributed by atoms with Gasteiger partial charge in [0.25, 0.3) is 5.91 Å². The van der Waals surface area contributed by atoms with Gasteiger partial charge in [-0.15, -0.1) is 0 Å². The van der Waals surface area contributed by atoms with Crippen LogP contribution in [0, 0.1) is 6.92 Å². The number of carbonyl (C=O) groups excluding carboxylic acids is 1. The largest absolute Gasteiger partial charge is 0.491 e. The van der Waals surface area contributed by atoms with Crippen LogP contribution in [0.1, 0.15) is 22.3 Å². The number of nitrogens with zero attached hydrogens (tertiary/aromatic N) is 2. The number of benzene rings is 2. The van der Waals surface area contributed by atoms with Crippen molar-refractivity contribution in [3.63, 3.8) is 0 Å². The highest BCUT2D eigenvalue weighted by molar-refractivity contribution is 5.98. The summed E-state index contributed by atoms with van der Waals surface area (Å²) in [7, 11) is 0. The van der Waals surface area contributed by atoms with Crippen LogP contribution in [0.25, 0.3) is 0 Å². The Balaban J connectivity index is 1.61. The van der Waals surface area contributed by atoms with Gasteiger partial charge in [0, 0.05) is 24.1 Å². The number of nitrogens with two attached hydrogens (primary N) is 1. The fourth-order valence-electron chi connectivity index (χ4n) is 3.06. The van der Waals surface area contributed by atoms with E-state index in [-0.39, 0.29) is 5.56 Å². The molecule has 2 aromatic carbocycles. The predicted molar refractivity (Wildman–Crippen MR) is 113 cm³/mol. The van der Waals surface area contributed by atoms with Gasteiger partial charge in [-0.05, 0) is 49.2 Å². The van der Waals surface area contributed by atoms with Crippen LogP contribution in [-0.2, 0) is 0 Å². The van der Waals surface area contributed by atoms with Crippen LogP contribution in [0.2, 0.25) is 0 Å². The first-order valence-electron chi connectivity index (χ1n) is 9.37. The first kappa shape index (κ1) is 18.5. The van der Waals surface area contributed by atoms with E-state index >= 15 is 0 Å². The van der Waals surface area contributed by atoms with Crippen LogP contribution >= 0.6 is 0 Å². The number of carbonyl (C=O) groups is 1. The Kier molecular flexibility index (Phi) is 5.15. The van der Waals surface area contributed by atoms with Gasteiger partial charge in [0.1, 0.15) is 17.1 Å². The zero-order valence-electron chi connectivity index (χ0n) is 16.0. The number of amides is 1. The van der Waals surface area contributed by atoms with Gasteiger partial charge in [-0.2, -0.15) is 4.98 Å². The van der Waals surface area contributed by atoms with Crippen LogP contribution < -0.4 is 26.4 Å². The molecule has 1 aliphatic heterocycles. The molecule has 0 saturated heterocycles. The first-order valence-corrected chi connectivity index (χ1v) is 9.37. The van der Waals surface area contributed by atoms with Gasteiger partial charge in [0.2, 0.25) is 5.95 Å². The van der Waals surface area contributed by atoms with E-state index in [4.69, 9.17) is 10.5 Å². The van der Waals surface area contributed by atoms with Crippen molar-refractivity contribution in [2.45, 2.75) is 13.3 Å². The molecule has 148 valence electrons.